The molecule has 0 bridgehead atoms. The van der Waals surface area contributed by atoms with Crippen LogP contribution < -0.4 is 10.1 Å². The minimum atomic E-state index is -0.0907. The fourth-order valence-electron chi connectivity index (χ4n) is 4.72. The third-order valence-corrected chi connectivity index (χ3v) is 6.75. The van der Waals surface area contributed by atoms with Crippen LogP contribution in [0.15, 0.2) is 54.7 Å². The second-order valence-corrected chi connectivity index (χ2v) is 9.11. The molecule has 0 saturated carbocycles. The molecule has 2 atom stereocenters. The van der Waals surface area contributed by atoms with Crippen molar-refractivity contribution in [3.63, 3.8) is 0 Å². The molecule has 3 heterocycles. The molecule has 33 heavy (non-hydrogen) atoms. The number of hydrogen-bond acceptors (Lipinski definition) is 4. The molecule has 5 rings (SSSR count). The highest BCUT2D eigenvalue weighted by atomic mass is 16.5. The Kier molecular flexibility index (Phi) is 5.99. The first-order valence-corrected chi connectivity index (χ1v) is 11.8. The van der Waals surface area contributed by atoms with Gasteiger partial charge >= 0.3 is 0 Å². The van der Waals surface area contributed by atoms with Crippen molar-refractivity contribution in [1.82, 2.24) is 15.2 Å². The number of carbonyl (C=O) groups excluding carboxylic acids is 2. The second-order valence-electron chi connectivity index (χ2n) is 9.11. The minimum absolute atomic E-state index is 0.0852. The Bertz CT molecular complexity index is 1170. The highest BCUT2D eigenvalue weighted by Gasteiger charge is 2.28. The smallest absolute Gasteiger partial charge is 0.222 e. The average molecular weight is 444 g/mol. The van der Waals surface area contributed by atoms with Crippen LogP contribution in [-0.2, 0) is 16.1 Å². The van der Waals surface area contributed by atoms with E-state index in [-0.39, 0.29) is 23.8 Å². The maximum atomic E-state index is 12.1. The van der Waals surface area contributed by atoms with Gasteiger partial charge in [-0.2, -0.15) is 0 Å². The van der Waals surface area contributed by atoms with E-state index in [4.69, 9.17) is 4.74 Å². The van der Waals surface area contributed by atoms with Crippen molar-refractivity contribution in [3.8, 4) is 16.9 Å². The highest BCUT2D eigenvalue weighted by Crippen LogP contribution is 2.33. The van der Waals surface area contributed by atoms with E-state index in [0.717, 1.165) is 52.7 Å². The van der Waals surface area contributed by atoms with Gasteiger partial charge in [-0.15, -0.1) is 0 Å². The summed E-state index contributed by atoms with van der Waals surface area (Å²) in [5.74, 6) is 1.28. The van der Waals surface area contributed by atoms with Gasteiger partial charge in [-0.3, -0.25) is 14.6 Å². The Labute approximate surface area is 194 Å². The molecule has 2 aromatic carbocycles. The molecule has 3 aromatic rings. The van der Waals surface area contributed by atoms with Crippen LogP contribution in [0.25, 0.3) is 22.0 Å². The number of fused-ring (bicyclic) bond motifs is 1. The summed E-state index contributed by atoms with van der Waals surface area (Å²) < 4.78 is 6.38. The predicted octanol–water partition coefficient (Wildman–Crippen LogP) is 4.32. The lowest BCUT2D eigenvalue weighted by Gasteiger charge is -2.26. The van der Waals surface area contributed by atoms with Gasteiger partial charge in [0, 0.05) is 50.0 Å². The van der Waals surface area contributed by atoms with Crippen LogP contribution >= 0.6 is 0 Å². The van der Waals surface area contributed by atoms with Crippen molar-refractivity contribution >= 4 is 22.7 Å². The Morgan fingerprint density at radius 3 is 2.73 bits per heavy atom. The molecule has 2 aliphatic rings. The number of likely N-dealkylation sites (tertiary alicyclic amines) is 1. The van der Waals surface area contributed by atoms with Crippen molar-refractivity contribution in [2.45, 2.75) is 45.3 Å². The number of carbonyl (C=O) groups is 2. The monoisotopic (exact) mass is 443 g/mol. The third-order valence-electron chi connectivity index (χ3n) is 6.75. The first kappa shape index (κ1) is 21.4. The lowest BCUT2D eigenvalue weighted by Crippen LogP contribution is -2.34. The number of hydrogen-bond donors (Lipinski definition) is 1. The van der Waals surface area contributed by atoms with E-state index >= 15 is 0 Å². The van der Waals surface area contributed by atoms with Crippen LogP contribution in [0, 0.1) is 5.92 Å². The number of rotatable bonds is 6. The lowest BCUT2D eigenvalue weighted by molar-refractivity contribution is -0.133. The Hall–Kier alpha value is -3.41. The van der Waals surface area contributed by atoms with Crippen molar-refractivity contribution < 1.29 is 14.3 Å². The van der Waals surface area contributed by atoms with Crippen molar-refractivity contribution in [2.75, 3.05) is 13.1 Å². The number of pyridine rings is 1. The molecule has 6 nitrogen and oxygen atoms in total. The molecule has 1 N–H and O–H groups in total. The Morgan fingerprint density at radius 1 is 1.12 bits per heavy atom. The summed E-state index contributed by atoms with van der Waals surface area (Å²) in [6.07, 6.45) is 4.94. The van der Waals surface area contributed by atoms with Gasteiger partial charge in [0.2, 0.25) is 11.8 Å². The van der Waals surface area contributed by atoms with Crippen LogP contribution in [0.4, 0.5) is 0 Å². The number of amides is 2. The number of benzene rings is 2. The minimum Gasteiger partial charge on any atom is -0.490 e. The lowest BCUT2D eigenvalue weighted by atomic mass is 10.00. The van der Waals surface area contributed by atoms with E-state index in [1.165, 1.54) is 0 Å². The zero-order valence-electron chi connectivity index (χ0n) is 18.9. The second kappa shape index (κ2) is 9.22. The van der Waals surface area contributed by atoms with Gasteiger partial charge in [0.25, 0.3) is 0 Å². The van der Waals surface area contributed by atoms with Crippen LogP contribution in [0.5, 0.6) is 5.75 Å². The Morgan fingerprint density at radius 2 is 1.97 bits per heavy atom. The van der Waals surface area contributed by atoms with Crippen LogP contribution in [0.3, 0.4) is 0 Å². The quantitative estimate of drug-likeness (QED) is 0.616. The zero-order valence-corrected chi connectivity index (χ0v) is 18.9. The third kappa shape index (κ3) is 4.70. The van der Waals surface area contributed by atoms with Gasteiger partial charge in [-0.1, -0.05) is 24.3 Å². The molecule has 6 heteroatoms. The summed E-state index contributed by atoms with van der Waals surface area (Å²) in [7, 11) is 0. The topological polar surface area (TPSA) is 71.5 Å². The maximum absolute atomic E-state index is 12.1. The van der Waals surface area contributed by atoms with Crippen LogP contribution in [0.2, 0.25) is 0 Å². The van der Waals surface area contributed by atoms with Crippen LogP contribution in [-0.4, -0.2) is 40.9 Å². The van der Waals surface area contributed by atoms with Crippen molar-refractivity contribution in [3.05, 3.63) is 60.3 Å². The molecule has 0 aliphatic carbocycles. The van der Waals surface area contributed by atoms with Gasteiger partial charge < -0.3 is 15.0 Å². The van der Waals surface area contributed by atoms with Gasteiger partial charge in [0.1, 0.15) is 11.9 Å². The molecule has 170 valence electrons. The predicted molar refractivity (Wildman–Crippen MR) is 128 cm³/mol. The SMILES string of the molecule is C[C@@H](Oc1cc(-c2ccc(CN3CCCCC3=O)cc2)cc2ncccc12)[C@H]1CNC(=O)C1. The molecular weight excluding hydrogens is 414 g/mol. The summed E-state index contributed by atoms with van der Waals surface area (Å²) in [6.45, 7) is 4.18. The standard InChI is InChI=1S/C27H29N3O3/c1-18(22-15-26(31)29-16-22)33-25-14-21(13-24-23(25)5-4-11-28-24)20-9-7-19(8-10-20)17-30-12-3-2-6-27(30)32/h4-5,7-11,13-14,18,22H,2-3,6,12,15-17H2,1H3,(H,29,31)/t18-,22-/m1/s1. The molecular formula is C27H29N3O3. The van der Waals surface area contributed by atoms with Gasteiger partial charge in [-0.05, 0) is 60.7 Å². The van der Waals surface area contributed by atoms with E-state index in [9.17, 15) is 9.59 Å². The van der Waals surface area contributed by atoms with E-state index in [0.29, 0.717) is 25.9 Å². The normalized spacial score (nSPS) is 19.5. The summed E-state index contributed by atoms with van der Waals surface area (Å²) in [6, 6.07) is 16.5. The first-order valence-electron chi connectivity index (χ1n) is 11.8. The van der Waals surface area contributed by atoms with Gasteiger partial charge in [-0.25, -0.2) is 0 Å². The number of aromatic nitrogens is 1. The molecule has 0 spiro atoms. The summed E-state index contributed by atoms with van der Waals surface area (Å²) in [4.78, 5) is 30.3. The summed E-state index contributed by atoms with van der Waals surface area (Å²) in [5.41, 5.74) is 4.12. The number of piperidine rings is 1. The molecule has 2 saturated heterocycles. The molecule has 1 aromatic heterocycles. The fraction of sp³-hybridized carbons (Fsp3) is 0.370. The zero-order chi connectivity index (χ0) is 22.8. The number of nitrogens with one attached hydrogen (secondary N) is 1. The molecule has 0 unspecified atom stereocenters. The molecule has 2 fully saturated rings. The fourth-order valence-corrected chi connectivity index (χ4v) is 4.72. The summed E-state index contributed by atoms with van der Waals surface area (Å²) >= 11 is 0. The van der Waals surface area contributed by atoms with Crippen molar-refractivity contribution in [2.24, 2.45) is 5.92 Å². The highest BCUT2D eigenvalue weighted by molar-refractivity contribution is 5.90. The number of nitrogens with zero attached hydrogens (tertiary/aromatic N) is 2. The molecule has 2 aliphatic heterocycles. The van der Waals surface area contributed by atoms with E-state index in [1.54, 1.807) is 6.20 Å². The average Bonchev–Trinajstić information content (AvgIpc) is 3.27. The Balaban J connectivity index is 1.39. The molecule has 2 amide bonds. The molecule has 0 radical (unpaired) electrons. The summed E-state index contributed by atoms with van der Waals surface area (Å²) in [5, 5.41) is 3.86. The van der Waals surface area contributed by atoms with Crippen molar-refractivity contribution in [1.29, 1.82) is 0 Å². The maximum Gasteiger partial charge on any atom is 0.222 e. The van der Waals surface area contributed by atoms with Gasteiger partial charge in [0.05, 0.1) is 5.52 Å². The largest absolute Gasteiger partial charge is 0.490 e. The van der Waals surface area contributed by atoms with E-state index in [1.807, 2.05) is 24.0 Å². The first-order chi connectivity index (χ1) is 16.1. The van der Waals surface area contributed by atoms with Crippen LogP contribution in [0.1, 0.15) is 38.2 Å². The van der Waals surface area contributed by atoms with E-state index < -0.39 is 0 Å². The van der Waals surface area contributed by atoms with Gasteiger partial charge in [0.15, 0.2) is 0 Å². The van der Waals surface area contributed by atoms with E-state index in [2.05, 4.69) is 46.7 Å². The number of ether oxygens (including phenoxy) is 1.